The number of rotatable bonds is 4. The molecule has 0 saturated carbocycles. The smallest absolute Gasteiger partial charge is 0.410 e. The number of hydrogen-bond acceptors (Lipinski definition) is 6. The Morgan fingerprint density at radius 2 is 2.00 bits per heavy atom. The minimum Gasteiger partial charge on any atom is -0.445 e. The van der Waals surface area contributed by atoms with Crippen LogP contribution in [0.25, 0.3) is 10.9 Å². The highest BCUT2D eigenvalue weighted by molar-refractivity contribution is 9.10. The van der Waals surface area contributed by atoms with Crippen LogP contribution < -0.4 is 4.90 Å². The van der Waals surface area contributed by atoms with Gasteiger partial charge in [0.1, 0.15) is 28.9 Å². The van der Waals surface area contributed by atoms with Crippen LogP contribution in [0.4, 0.5) is 14.9 Å². The van der Waals surface area contributed by atoms with Gasteiger partial charge in [0.15, 0.2) is 5.82 Å². The number of carbonyl (C=O) groups is 1. The average Bonchev–Trinajstić information content (AvgIpc) is 2.86. The monoisotopic (exact) mass is 575 g/mol. The lowest BCUT2D eigenvalue weighted by Crippen LogP contribution is -2.55. The fraction of sp³-hybridized carbons (Fsp3) is 0.250. The summed E-state index contributed by atoms with van der Waals surface area (Å²) >= 11 is 15.6. The van der Waals surface area contributed by atoms with E-state index in [0.717, 1.165) is 5.56 Å². The zero-order valence-corrected chi connectivity index (χ0v) is 21.2. The zero-order valence-electron chi connectivity index (χ0n) is 18.1. The van der Waals surface area contributed by atoms with E-state index in [4.69, 9.17) is 27.9 Å². The summed E-state index contributed by atoms with van der Waals surface area (Å²) in [5, 5.41) is 19.5. The number of fused-ring (bicyclic) bond motifs is 1. The molecule has 1 atom stereocenters. The van der Waals surface area contributed by atoms with Crippen molar-refractivity contribution in [2.75, 3.05) is 24.5 Å². The van der Waals surface area contributed by atoms with Gasteiger partial charge in [-0.05, 0) is 27.6 Å². The van der Waals surface area contributed by atoms with E-state index < -0.39 is 18.0 Å². The van der Waals surface area contributed by atoms with Gasteiger partial charge in [-0.2, -0.15) is 10.5 Å². The molecule has 0 radical (unpaired) electrons. The van der Waals surface area contributed by atoms with Crippen LogP contribution in [-0.2, 0) is 11.3 Å². The third-order valence-electron chi connectivity index (χ3n) is 5.72. The average molecular weight is 577 g/mol. The van der Waals surface area contributed by atoms with Crippen LogP contribution in [0.15, 0.2) is 40.9 Å². The van der Waals surface area contributed by atoms with Gasteiger partial charge in [0.2, 0.25) is 0 Å². The SMILES string of the molecule is N#CC[C@H]1CN(c2c(C#N)c(Cl)nc3c(F)c(Br)c(Cl)cc23)CCN1C(=O)OCc1ccccc1. The number of benzene rings is 2. The van der Waals surface area contributed by atoms with E-state index in [2.05, 4.69) is 27.0 Å². The number of carbonyl (C=O) groups excluding carboxylic acids is 1. The number of halogens is 4. The fourth-order valence-electron chi connectivity index (χ4n) is 4.07. The summed E-state index contributed by atoms with van der Waals surface area (Å²) in [5.41, 5.74) is 1.23. The van der Waals surface area contributed by atoms with Gasteiger partial charge in [0.05, 0.1) is 33.7 Å². The van der Waals surface area contributed by atoms with Crippen molar-refractivity contribution in [2.45, 2.75) is 19.1 Å². The first-order chi connectivity index (χ1) is 16.8. The van der Waals surface area contributed by atoms with Gasteiger partial charge in [0.25, 0.3) is 0 Å². The Hall–Kier alpha value is -3.11. The largest absolute Gasteiger partial charge is 0.445 e. The molecular weight excluding hydrogens is 560 g/mol. The fourth-order valence-corrected chi connectivity index (χ4v) is 4.78. The maximum atomic E-state index is 14.9. The molecule has 1 aliphatic rings. The second-order valence-corrected chi connectivity index (χ2v) is 9.37. The van der Waals surface area contributed by atoms with Gasteiger partial charge in [-0.15, -0.1) is 0 Å². The Labute approximate surface area is 219 Å². The number of ether oxygens (including phenoxy) is 1. The lowest BCUT2D eigenvalue weighted by Gasteiger charge is -2.41. The lowest BCUT2D eigenvalue weighted by molar-refractivity contribution is 0.0769. The van der Waals surface area contributed by atoms with Crippen molar-refractivity contribution < 1.29 is 13.9 Å². The lowest BCUT2D eigenvalue weighted by atomic mass is 10.0. The van der Waals surface area contributed by atoms with Crippen molar-refractivity contribution in [1.29, 1.82) is 10.5 Å². The summed E-state index contributed by atoms with van der Waals surface area (Å²) in [7, 11) is 0. The topological polar surface area (TPSA) is 93.3 Å². The molecule has 2 heterocycles. The molecule has 0 bridgehead atoms. The molecule has 0 unspecified atom stereocenters. The quantitative estimate of drug-likeness (QED) is 0.277. The van der Waals surface area contributed by atoms with Crippen LogP contribution >= 0.6 is 39.1 Å². The molecule has 1 aliphatic heterocycles. The standard InChI is InChI=1S/C24H17BrCl2FN5O2/c25-19-18(26)10-16-21(20(19)28)31-23(27)17(11-30)22(16)32-8-9-33(15(12-32)6-7-29)24(34)35-13-14-4-2-1-3-5-14/h1-5,10,15H,6,8-9,12-13H2/t15-/m0/s1. The molecule has 178 valence electrons. The predicted octanol–water partition coefficient (Wildman–Crippen LogP) is 6.06. The van der Waals surface area contributed by atoms with Crippen LogP contribution in [0.1, 0.15) is 17.5 Å². The van der Waals surface area contributed by atoms with E-state index in [1.807, 2.05) is 36.4 Å². The first-order valence-electron chi connectivity index (χ1n) is 10.5. The normalized spacial score (nSPS) is 15.5. The molecule has 1 aromatic heterocycles. The molecule has 1 amide bonds. The first kappa shape index (κ1) is 25.0. The number of nitriles is 2. The molecule has 0 spiro atoms. The second-order valence-electron chi connectivity index (χ2n) is 7.82. The van der Waals surface area contributed by atoms with E-state index in [-0.39, 0.29) is 51.8 Å². The Bertz CT molecular complexity index is 1380. The molecule has 4 rings (SSSR count). The van der Waals surface area contributed by atoms with Crippen LogP contribution in [0.5, 0.6) is 0 Å². The number of amides is 1. The molecule has 1 saturated heterocycles. The Kier molecular flexibility index (Phi) is 7.61. The third kappa shape index (κ3) is 4.99. The number of pyridine rings is 1. The number of aromatic nitrogens is 1. The van der Waals surface area contributed by atoms with Gasteiger partial charge < -0.3 is 14.5 Å². The van der Waals surface area contributed by atoms with Crippen LogP contribution in [-0.4, -0.2) is 41.7 Å². The van der Waals surface area contributed by atoms with Crippen molar-refractivity contribution in [3.05, 3.63) is 68.0 Å². The van der Waals surface area contributed by atoms with Gasteiger partial charge in [-0.3, -0.25) is 0 Å². The molecule has 0 N–H and O–H groups in total. The Morgan fingerprint density at radius 1 is 1.26 bits per heavy atom. The summed E-state index contributed by atoms with van der Waals surface area (Å²) in [4.78, 5) is 20.2. The summed E-state index contributed by atoms with van der Waals surface area (Å²) in [6, 6.07) is 14.4. The van der Waals surface area contributed by atoms with Crippen molar-refractivity contribution in [1.82, 2.24) is 9.88 Å². The second kappa shape index (κ2) is 10.7. The predicted molar refractivity (Wildman–Crippen MR) is 134 cm³/mol. The maximum Gasteiger partial charge on any atom is 0.410 e. The molecule has 11 heteroatoms. The summed E-state index contributed by atoms with van der Waals surface area (Å²) in [6.07, 6.45) is -0.499. The molecule has 0 aliphatic carbocycles. The highest BCUT2D eigenvalue weighted by atomic mass is 79.9. The number of piperazine rings is 1. The van der Waals surface area contributed by atoms with Gasteiger partial charge in [-0.1, -0.05) is 53.5 Å². The highest BCUT2D eigenvalue weighted by Gasteiger charge is 2.34. The van der Waals surface area contributed by atoms with Gasteiger partial charge in [0, 0.05) is 25.0 Å². The molecule has 3 aromatic rings. The van der Waals surface area contributed by atoms with Crippen molar-refractivity contribution in [3.8, 4) is 12.1 Å². The summed E-state index contributed by atoms with van der Waals surface area (Å²) in [6.45, 7) is 0.823. The van der Waals surface area contributed by atoms with E-state index >= 15 is 0 Å². The van der Waals surface area contributed by atoms with Crippen LogP contribution in [0.2, 0.25) is 10.2 Å². The van der Waals surface area contributed by atoms with E-state index in [1.54, 1.807) is 4.90 Å². The number of hydrogen-bond donors (Lipinski definition) is 0. The number of nitrogens with zero attached hydrogens (tertiary/aromatic N) is 5. The van der Waals surface area contributed by atoms with E-state index in [0.29, 0.717) is 17.6 Å². The third-order valence-corrected chi connectivity index (χ3v) is 7.30. The molecule has 35 heavy (non-hydrogen) atoms. The minimum absolute atomic E-state index is 0.0379. The van der Waals surface area contributed by atoms with E-state index in [9.17, 15) is 19.7 Å². The molecule has 1 fully saturated rings. The van der Waals surface area contributed by atoms with Gasteiger partial charge in [-0.25, -0.2) is 14.2 Å². The zero-order chi connectivity index (χ0) is 25.1. The van der Waals surface area contributed by atoms with Crippen molar-refractivity contribution in [3.63, 3.8) is 0 Å². The van der Waals surface area contributed by atoms with Gasteiger partial charge >= 0.3 is 6.09 Å². The highest BCUT2D eigenvalue weighted by Crippen LogP contribution is 2.40. The Balaban J connectivity index is 1.66. The van der Waals surface area contributed by atoms with Crippen molar-refractivity contribution >= 4 is 61.8 Å². The van der Waals surface area contributed by atoms with E-state index in [1.165, 1.54) is 11.0 Å². The summed E-state index contributed by atoms with van der Waals surface area (Å²) < 4.78 is 20.5. The molecule has 2 aromatic carbocycles. The first-order valence-corrected chi connectivity index (χ1v) is 12.1. The maximum absolute atomic E-state index is 14.9. The minimum atomic E-state index is -0.697. The van der Waals surface area contributed by atoms with Crippen LogP contribution in [0, 0.1) is 28.5 Å². The van der Waals surface area contributed by atoms with Crippen molar-refractivity contribution in [2.24, 2.45) is 0 Å². The summed E-state index contributed by atoms with van der Waals surface area (Å²) in [5.74, 6) is -0.697. The molecular formula is C24H17BrCl2FN5O2. The number of anilines is 1. The Morgan fingerprint density at radius 3 is 2.69 bits per heavy atom. The molecule has 7 nitrogen and oxygen atoms in total. The van der Waals surface area contributed by atoms with Crippen LogP contribution in [0.3, 0.4) is 0 Å².